The first-order valence-electron chi connectivity index (χ1n) is 9.60. The van der Waals surface area contributed by atoms with E-state index in [2.05, 4.69) is 27.1 Å². The normalized spacial score (nSPS) is 11.1. The molecule has 0 aliphatic rings. The molecule has 7 nitrogen and oxygen atoms in total. The second kappa shape index (κ2) is 7.36. The molecule has 30 heavy (non-hydrogen) atoms. The zero-order chi connectivity index (χ0) is 20.5. The van der Waals surface area contributed by atoms with Crippen LogP contribution >= 0.6 is 0 Å². The molecule has 3 aromatic heterocycles. The third kappa shape index (κ3) is 3.06. The first-order chi connectivity index (χ1) is 14.7. The maximum absolute atomic E-state index is 13.1. The van der Waals surface area contributed by atoms with Crippen molar-refractivity contribution >= 4 is 10.8 Å². The van der Waals surface area contributed by atoms with Gasteiger partial charge in [-0.2, -0.15) is 14.8 Å². The van der Waals surface area contributed by atoms with Crippen LogP contribution in [0.4, 0.5) is 0 Å². The highest BCUT2D eigenvalue weighted by atomic mass is 16.5. The van der Waals surface area contributed by atoms with E-state index in [4.69, 9.17) is 4.52 Å². The van der Waals surface area contributed by atoms with E-state index in [1.54, 1.807) is 24.5 Å². The van der Waals surface area contributed by atoms with Gasteiger partial charge in [0.2, 0.25) is 5.82 Å². The van der Waals surface area contributed by atoms with Crippen LogP contribution in [0.15, 0.2) is 82.4 Å². The topological polar surface area (TPSA) is 86.7 Å². The molecule has 0 amide bonds. The Balaban J connectivity index is 1.71. The molecular formula is C23H17N5O2. The summed E-state index contributed by atoms with van der Waals surface area (Å²) in [6, 6.07) is 18.7. The number of hydrogen-bond acceptors (Lipinski definition) is 6. The second-order valence-electron chi connectivity index (χ2n) is 6.80. The van der Waals surface area contributed by atoms with Gasteiger partial charge >= 0.3 is 0 Å². The van der Waals surface area contributed by atoms with Gasteiger partial charge in [0.1, 0.15) is 0 Å². The van der Waals surface area contributed by atoms with Crippen LogP contribution in [0.1, 0.15) is 12.5 Å². The Morgan fingerprint density at radius 2 is 1.77 bits per heavy atom. The number of pyridine rings is 1. The Hall–Kier alpha value is -4.13. The molecular weight excluding hydrogens is 378 g/mol. The van der Waals surface area contributed by atoms with Crippen LogP contribution in [0, 0.1) is 0 Å². The molecule has 7 heteroatoms. The van der Waals surface area contributed by atoms with E-state index in [0.717, 1.165) is 12.0 Å². The number of nitrogens with zero attached hydrogens (tertiary/aromatic N) is 5. The minimum Gasteiger partial charge on any atom is -0.332 e. The van der Waals surface area contributed by atoms with Gasteiger partial charge in [-0.05, 0) is 42.3 Å². The predicted octanol–water partition coefficient (Wildman–Crippen LogP) is 4.06. The number of benzene rings is 2. The zero-order valence-electron chi connectivity index (χ0n) is 16.2. The highest BCUT2D eigenvalue weighted by Crippen LogP contribution is 2.26. The molecule has 0 bridgehead atoms. The molecule has 0 radical (unpaired) electrons. The maximum Gasteiger partial charge on any atom is 0.279 e. The van der Waals surface area contributed by atoms with Crippen LogP contribution in [-0.4, -0.2) is 24.9 Å². The minimum atomic E-state index is -0.203. The minimum absolute atomic E-state index is 0.203. The summed E-state index contributed by atoms with van der Waals surface area (Å²) in [5, 5.41) is 9.85. The number of aryl methyl sites for hydroxylation is 1. The van der Waals surface area contributed by atoms with Crippen LogP contribution in [0.5, 0.6) is 0 Å². The highest BCUT2D eigenvalue weighted by molar-refractivity contribution is 5.92. The van der Waals surface area contributed by atoms with E-state index in [9.17, 15) is 4.79 Å². The zero-order valence-corrected chi connectivity index (χ0v) is 16.2. The quantitative estimate of drug-likeness (QED) is 0.456. The number of fused-ring (bicyclic) bond motifs is 1. The smallest absolute Gasteiger partial charge is 0.279 e. The Bertz CT molecular complexity index is 1390. The third-order valence-corrected chi connectivity index (χ3v) is 4.94. The van der Waals surface area contributed by atoms with Crippen molar-refractivity contribution in [2.75, 3.05) is 0 Å². The summed E-state index contributed by atoms with van der Waals surface area (Å²) < 4.78 is 6.89. The van der Waals surface area contributed by atoms with E-state index >= 15 is 0 Å². The van der Waals surface area contributed by atoms with Crippen LogP contribution < -0.4 is 5.56 Å². The lowest BCUT2D eigenvalue weighted by Gasteiger charge is -2.09. The van der Waals surface area contributed by atoms with Gasteiger partial charge in [-0.15, -0.1) is 0 Å². The molecule has 0 aliphatic carbocycles. The Kier molecular flexibility index (Phi) is 4.40. The summed E-state index contributed by atoms with van der Waals surface area (Å²) in [4.78, 5) is 21.7. The summed E-state index contributed by atoms with van der Waals surface area (Å²) in [5.74, 6) is 0.651. The van der Waals surface area contributed by atoms with Crippen molar-refractivity contribution in [2.24, 2.45) is 0 Å². The van der Waals surface area contributed by atoms with Crippen molar-refractivity contribution in [3.8, 4) is 28.7 Å². The monoisotopic (exact) mass is 395 g/mol. The fourth-order valence-corrected chi connectivity index (χ4v) is 3.33. The van der Waals surface area contributed by atoms with Gasteiger partial charge in [-0.1, -0.05) is 42.4 Å². The van der Waals surface area contributed by atoms with Gasteiger partial charge in [0.25, 0.3) is 11.4 Å². The molecule has 0 fully saturated rings. The molecule has 0 saturated carbocycles. The van der Waals surface area contributed by atoms with Crippen molar-refractivity contribution in [1.29, 1.82) is 0 Å². The van der Waals surface area contributed by atoms with Gasteiger partial charge in [-0.25, -0.2) is 0 Å². The maximum atomic E-state index is 13.1. The molecule has 3 heterocycles. The number of hydrogen-bond donors (Lipinski definition) is 0. The molecule has 0 atom stereocenters. The van der Waals surface area contributed by atoms with Gasteiger partial charge in [0, 0.05) is 23.3 Å². The van der Waals surface area contributed by atoms with Gasteiger partial charge < -0.3 is 4.52 Å². The lowest BCUT2D eigenvalue weighted by molar-refractivity contribution is 0.430. The lowest BCUT2D eigenvalue weighted by atomic mass is 10.1. The van der Waals surface area contributed by atoms with E-state index in [1.807, 2.05) is 48.5 Å². The van der Waals surface area contributed by atoms with E-state index < -0.39 is 0 Å². The van der Waals surface area contributed by atoms with Crippen LogP contribution in [0.25, 0.3) is 39.4 Å². The van der Waals surface area contributed by atoms with E-state index in [1.165, 1.54) is 10.2 Å². The number of aromatic nitrogens is 5. The Morgan fingerprint density at radius 1 is 0.967 bits per heavy atom. The average Bonchev–Trinajstić information content (AvgIpc) is 3.30. The second-order valence-corrected chi connectivity index (χ2v) is 6.80. The predicted molar refractivity (Wildman–Crippen MR) is 113 cm³/mol. The number of rotatable bonds is 4. The molecule has 5 aromatic rings. The lowest BCUT2D eigenvalue weighted by Crippen LogP contribution is -2.22. The first-order valence-corrected chi connectivity index (χ1v) is 9.60. The largest absolute Gasteiger partial charge is 0.332 e. The van der Waals surface area contributed by atoms with Crippen LogP contribution in [-0.2, 0) is 6.42 Å². The molecule has 0 saturated heterocycles. The molecule has 5 rings (SSSR count). The highest BCUT2D eigenvalue weighted by Gasteiger charge is 2.19. The van der Waals surface area contributed by atoms with Crippen molar-refractivity contribution in [1.82, 2.24) is 24.9 Å². The summed E-state index contributed by atoms with van der Waals surface area (Å²) in [6.07, 6.45) is 4.26. The van der Waals surface area contributed by atoms with E-state index in [0.29, 0.717) is 28.0 Å². The van der Waals surface area contributed by atoms with Crippen LogP contribution in [0.2, 0.25) is 0 Å². The summed E-state index contributed by atoms with van der Waals surface area (Å²) >= 11 is 0. The fourth-order valence-electron chi connectivity index (χ4n) is 3.33. The Morgan fingerprint density at radius 3 is 2.50 bits per heavy atom. The first kappa shape index (κ1) is 17.9. The van der Waals surface area contributed by atoms with Crippen molar-refractivity contribution < 1.29 is 4.52 Å². The molecule has 0 N–H and O–H groups in total. The van der Waals surface area contributed by atoms with Crippen molar-refractivity contribution in [3.63, 3.8) is 0 Å². The Labute approximate surface area is 171 Å². The standard InChI is InChI=1S/C23H17N5O2/c1-2-15-9-11-17(12-10-15)28-23(29)19-8-4-3-7-18(19)20(26-28)22-25-21(27-30-22)16-6-5-13-24-14-16/h3-14H,2H2,1H3. The average molecular weight is 395 g/mol. The molecule has 0 unspecified atom stereocenters. The van der Waals surface area contributed by atoms with Crippen LogP contribution in [0.3, 0.4) is 0 Å². The van der Waals surface area contributed by atoms with Gasteiger partial charge in [0.15, 0.2) is 5.69 Å². The van der Waals surface area contributed by atoms with E-state index in [-0.39, 0.29) is 11.4 Å². The summed E-state index contributed by atoms with van der Waals surface area (Å²) in [5.41, 5.74) is 2.85. The van der Waals surface area contributed by atoms with Gasteiger partial charge in [-0.3, -0.25) is 9.78 Å². The van der Waals surface area contributed by atoms with Crippen molar-refractivity contribution in [2.45, 2.75) is 13.3 Å². The summed E-state index contributed by atoms with van der Waals surface area (Å²) in [6.45, 7) is 2.09. The van der Waals surface area contributed by atoms with Gasteiger partial charge in [0.05, 0.1) is 11.1 Å². The van der Waals surface area contributed by atoms with Crippen molar-refractivity contribution in [3.05, 3.63) is 89.0 Å². The fraction of sp³-hybridized carbons (Fsp3) is 0.0870. The molecule has 0 spiro atoms. The molecule has 2 aromatic carbocycles. The molecule has 146 valence electrons. The molecule has 0 aliphatic heterocycles. The SMILES string of the molecule is CCc1ccc(-n2nc(-c3nc(-c4cccnc4)no3)c3ccccc3c2=O)cc1. The summed E-state index contributed by atoms with van der Waals surface area (Å²) in [7, 11) is 0. The third-order valence-electron chi connectivity index (χ3n) is 4.94.